The monoisotopic (exact) mass is 290 g/mol. The summed E-state index contributed by atoms with van der Waals surface area (Å²) in [5.74, 6) is -1.68. The molecule has 21 heavy (non-hydrogen) atoms. The smallest absolute Gasteiger partial charge is 0.371 e. The number of hydrogen-bond donors (Lipinski definition) is 2. The summed E-state index contributed by atoms with van der Waals surface area (Å²) in [6.45, 7) is -0.0190. The van der Waals surface area contributed by atoms with E-state index in [-0.39, 0.29) is 29.3 Å². The molecule has 0 spiro atoms. The summed E-state index contributed by atoms with van der Waals surface area (Å²) in [6, 6.07) is 7.98. The van der Waals surface area contributed by atoms with Gasteiger partial charge in [0.05, 0.1) is 11.5 Å². The van der Waals surface area contributed by atoms with Gasteiger partial charge in [0.2, 0.25) is 5.76 Å². The maximum Gasteiger partial charge on any atom is 0.371 e. The number of nitro groups is 1. The normalized spacial score (nSPS) is 10.1. The van der Waals surface area contributed by atoms with Crippen LogP contribution in [0.15, 0.2) is 40.8 Å². The van der Waals surface area contributed by atoms with Gasteiger partial charge >= 0.3 is 5.97 Å². The highest BCUT2D eigenvalue weighted by Gasteiger charge is 2.13. The Kier molecular flexibility index (Phi) is 3.98. The number of carboxylic acids is 1. The van der Waals surface area contributed by atoms with E-state index in [1.54, 1.807) is 0 Å². The van der Waals surface area contributed by atoms with Crippen LogP contribution in [-0.4, -0.2) is 21.9 Å². The van der Waals surface area contributed by atoms with Crippen molar-refractivity contribution in [1.29, 1.82) is 0 Å². The molecule has 108 valence electrons. The predicted molar refractivity (Wildman–Crippen MR) is 69.9 cm³/mol. The molecule has 0 aliphatic rings. The van der Waals surface area contributed by atoms with Crippen molar-refractivity contribution in [3.05, 3.63) is 63.6 Å². The van der Waals surface area contributed by atoms with Crippen LogP contribution in [0.4, 0.5) is 5.69 Å². The second kappa shape index (κ2) is 5.87. The Hall–Kier alpha value is -3.16. The summed E-state index contributed by atoms with van der Waals surface area (Å²) in [5.41, 5.74) is -0.0528. The van der Waals surface area contributed by atoms with Crippen molar-refractivity contribution < 1.29 is 24.0 Å². The third kappa shape index (κ3) is 3.44. The van der Waals surface area contributed by atoms with Gasteiger partial charge in [0.25, 0.3) is 11.6 Å². The second-order valence-electron chi connectivity index (χ2n) is 4.06. The van der Waals surface area contributed by atoms with Crippen LogP contribution in [0.25, 0.3) is 0 Å². The first-order valence-corrected chi connectivity index (χ1v) is 5.82. The zero-order valence-electron chi connectivity index (χ0n) is 10.6. The minimum Gasteiger partial charge on any atom is -0.475 e. The molecule has 2 aromatic rings. The summed E-state index contributed by atoms with van der Waals surface area (Å²) in [6.07, 6.45) is 0. The topological polar surface area (TPSA) is 123 Å². The molecule has 1 heterocycles. The Morgan fingerprint density at radius 3 is 2.67 bits per heavy atom. The summed E-state index contributed by atoms with van der Waals surface area (Å²) in [7, 11) is 0. The lowest BCUT2D eigenvalue weighted by Gasteiger charge is -2.03. The maximum absolute atomic E-state index is 11.8. The molecule has 8 heteroatoms. The molecule has 0 bridgehead atoms. The van der Waals surface area contributed by atoms with Crippen molar-refractivity contribution in [3.8, 4) is 0 Å². The van der Waals surface area contributed by atoms with Gasteiger partial charge in [-0.15, -0.1) is 0 Å². The lowest BCUT2D eigenvalue weighted by atomic mass is 10.2. The molecule has 0 aliphatic heterocycles. The Morgan fingerprint density at radius 1 is 1.29 bits per heavy atom. The highest BCUT2D eigenvalue weighted by atomic mass is 16.6. The molecular formula is C13H10N2O6. The van der Waals surface area contributed by atoms with Crippen molar-refractivity contribution in [2.24, 2.45) is 0 Å². The zero-order valence-corrected chi connectivity index (χ0v) is 10.6. The molecule has 0 unspecified atom stereocenters. The summed E-state index contributed by atoms with van der Waals surface area (Å²) in [5, 5.41) is 21.8. The van der Waals surface area contributed by atoms with Gasteiger partial charge in [-0.2, -0.15) is 0 Å². The average molecular weight is 290 g/mol. The molecule has 0 radical (unpaired) electrons. The molecule has 1 amide bonds. The van der Waals surface area contributed by atoms with Crippen LogP contribution in [0.1, 0.15) is 26.7 Å². The summed E-state index contributed by atoms with van der Waals surface area (Å²) < 4.78 is 4.97. The fraction of sp³-hybridized carbons (Fsp3) is 0.0769. The predicted octanol–water partition coefficient (Wildman–Crippen LogP) is 1.82. The van der Waals surface area contributed by atoms with E-state index in [2.05, 4.69) is 5.32 Å². The third-order valence-electron chi connectivity index (χ3n) is 2.61. The van der Waals surface area contributed by atoms with Gasteiger partial charge in [-0.25, -0.2) is 4.79 Å². The summed E-state index contributed by atoms with van der Waals surface area (Å²) >= 11 is 0. The minimum absolute atomic E-state index is 0.0190. The zero-order chi connectivity index (χ0) is 15.4. The van der Waals surface area contributed by atoms with Crippen LogP contribution in [0.2, 0.25) is 0 Å². The first-order valence-electron chi connectivity index (χ1n) is 5.82. The number of amides is 1. The van der Waals surface area contributed by atoms with Gasteiger partial charge < -0.3 is 14.8 Å². The number of aromatic carboxylic acids is 1. The quantitative estimate of drug-likeness (QED) is 0.639. The standard InChI is InChI=1S/C13H10N2O6/c16-12(8-2-1-3-9(6-8)15(19)20)14-7-10-4-5-11(21-10)13(17)18/h1-6H,7H2,(H,14,16)(H,17,18). The Bertz CT molecular complexity index is 706. The number of hydrogen-bond acceptors (Lipinski definition) is 5. The van der Waals surface area contributed by atoms with Crippen LogP contribution in [0, 0.1) is 10.1 Å². The molecule has 0 atom stereocenters. The van der Waals surface area contributed by atoms with Gasteiger partial charge in [-0.1, -0.05) is 6.07 Å². The molecule has 0 saturated carbocycles. The van der Waals surface area contributed by atoms with Crippen molar-refractivity contribution in [2.45, 2.75) is 6.54 Å². The van der Waals surface area contributed by atoms with Gasteiger partial charge in [0, 0.05) is 17.7 Å². The van der Waals surface area contributed by atoms with Gasteiger partial charge in [0.15, 0.2) is 0 Å². The number of furan rings is 1. The van der Waals surface area contributed by atoms with Crippen LogP contribution in [-0.2, 0) is 6.54 Å². The highest BCUT2D eigenvalue weighted by Crippen LogP contribution is 2.13. The van der Waals surface area contributed by atoms with Gasteiger partial charge in [-0.05, 0) is 18.2 Å². The lowest BCUT2D eigenvalue weighted by Crippen LogP contribution is -2.22. The average Bonchev–Trinajstić information content (AvgIpc) is 2.94. The number of carbonyl (C=O) groups is 2. The number of benzene rings is 1. The van der Waals surface area contributed by atoms with E-state index in [1.807, 2.05) is 0 Å². The number of non-ortho nitro benzene ring substituents is 1. The molecule has 0 fully saturated rings. The fourth-order valence-electron chi connectivity index (χ4n) is 1.62. The Balaban J connectivity index is 2.02. The van der Waals surface area contributed by atoms with E-state index in [0.717, 1.165) is 6.07 Å². The van der Waals surface area contributed by atoms with Crippen molar-refractivity contribution in [1.82, 2.24) is 5.32 Å². The molecule has 0 saturated heterocycles. The molecule has 2 rings (SSSR count). The van der Waals surface area contributed by atoms with Gasteiger partial charge in [0.1, 0.15) is 5.76 Å². The Morgan fingerprint density at radius 2 is 2.05 bits per heavy atom. The number of carboxylic acid groups (broad SMARTS) is 1. The SMILES string of the molecule is O=C(NCc1ccc(C(=O)O)o1)c1cccc([N+](=O)[O-])c1. The van der Waals surface area contributed by atoms with E-state index in [1.165, 1.54) is 30.3 Å². The first kappa shape index (κ1) is 14.3. The number of nitrogens with zero attached hydrogens (tertiary/aromatic N) is 1. The van der Waals surface area contributed by atoms with E-state index in [4.69, 9.17) is 9.52 Å². The van der Waals surface area contributed by atoms with E-state index in [9.17, 15) is 19.7 Å². The number of nitro benzene ring substituents is 1. The molecule has 1 aromatic heterocycles. The van der Waals surface area contributed by atoms with Crippen LogP contribution >= 0.6 is 0 Å². The molecule has 1 aromatic carbocycles. The van der Waals surface area contributed by atoms with Crippen LogP contribution in [0.5, 0.6) is 0 Å². The van der Waals surface area contributed by atoms with Crippen molar-refractivity contribution in [3.63, 3.8) is 0 Å². The molecule has 8 nitrogen and oxygen atoms in total. The number of rotatable bonds is 5. The van der Waals surface area contributed by atoms with Crippen LogP contribution < -0.4 is 5.32 Å². The fourth-order valence-corrected chi connectivity index (χ4v) is 1.62. The number of carbonyl (C=O) groups excluding carboxylic acids is 1. The largest absolute Gasteiger partial charge is 0.475 e. The van der Waals surface area contributed by atoms with Crippen LogP contribution in [0.3, 0.4) is 0 Å². The second-order valence-corrected chi connectivity index (χ2v) is 4.06. The Labute approximate surface area is 118 Å². The maximum atomic E-state index is 11.8. The van der Waals surface area contributed by atoms with E-state index in [0.29, 0.717) is 0 Å². The van der Waals surface area contributed by atoms with E-state index < -0.39 is 16.8 Å². The highest BCUT2D eigenvalue weighted by molar-refractivity contribution is 5.94. The van der Waals surface area contributed by atoms with Crippen molar-refractivity contribution in [2.75, 3.05) is 0 Å². The van der Waals surface area contributed by atoms with Crippen molar-refractivity contribution >= 4 is 17.6 Å². The van der Waals surface area contributed by atoms with E-state index >= 15 is 0 Å². The molecular weight excluding hydrogens is 280 g/mol. The third-order valence-corrected chi connectivity index (χ3v) is 2.61. The lowest BCUT2D eigenvalue weighted by molar-refractivity contribution is -0.384. The minimum atomic E-state index is -1.20. The molecule has 2 N–H and O–H groups in total. The number of nitrogens with one attached hydrogen (secondary N) is 1. The van der Waals surface area contributed by atoms with Gasteiger partial charge in [-0.3, -0.25) is 14.9 Å². The first-order chi connectivity index (χ1) is 9.97. The molecule has 0 aliphatic carbocycles. The summed E-state index contributed by atoms with van der Waals surface area (Å²) in [4.78, 5) is 32.5.